The molecule has 2 aromatic rings. The minimum atomic E-state index is -0.377. The third kappa shape index (κ3) is 4.82. The van der Waals surface area contributed by atoms with Gasteiger partial charge in [-0.05, 0) is 16.5 Å². The van der Waals surface area contributed by atoms with E-state index in [0.29, 0.717) is 12.1 Å². The number of aromatic nitrogens is 2. The lowest BCUT2D eigenvalue weighted by atomic mass is 10.1. The lowest BCUT2D eigenvalue weighted by Gasteiger charge is -2.05. The number of methoxy groups -OCH3 is 1. The molecule has 0 amide bonds. The van der Waals surface area contributed by atoms with Gasteiger partial charge in [-0.1, -0.05) is 42.6 Å². The van der Waals surface area contributed by atoms with Crippen LogP contribution in [0.1, 0.15) is 21.5 Å². The molecule has 1 aromatic carbocycles. The van der Waals surface area contributed by atoms with Crippen molar-refractivity contribution in [2.45, 2.75) is 13.0 Å². The summed E-state index contributed by atoms with van der Waals surface area (Å²) in [4.78, 5) is 15.7. The molecular formula is C17H19N3O2S. The molecule has 0 atom stereocenters. The Kier molecular flexibility index (Phi) is 6.17. The second-order valence-electron chi connectivity index (χ2n) is 4.81. The van der Waals surface area contributed by atoms with Crippen LogP contribution in [0.3, 0.4) is 0 Å². The molecule has 5 nitrogen and oxygen atoms in total. The molecule has 0 fully saturated rings. The van der Waals surface area contributed by atoms with Crippen molar-refractivity contribution >= 4 is 22.8 Å². The van der Waals surface area contributed by atoms with Gasteiger partial charge < -0.3 is 4.74 Å². The van der Waals surface area contributed by atoms with Gasteiger partial charge in [0, 0.05) is 19.7 Å². The van der Waals surface area contributed by atoms with Crippen LogP contribution in [-0.2, 0) is 17.7 Å². The van der Waals surface area contributed by atoms with Crippen molar-refractivity contribution in [2.24, 2.45) is 4.99 Å². The zero-order valence-electron chi connectivity index (χ0n) is 13.2. The van der Waals surface area contributed by atoms with E-state index in [-0.39, 0.29) is 5.97 Å². The van der Waals surface area contributed by atoms with Gasteiger partial charge in [0.15, 0.2) is 0 Å². The number of rotatable bonds is 6. The average molecular weight is 329 g/mol. The van der Waals surface area contributed by atoms with Crippen LogP contribution in [0.15, 0.2) is 53.6 Å². The number of thioether (sulfide) groups is 1. The van der Waals surface area contributed by atoms with Crippen LogP contribution in [0.4, 0.5) is 0 Å². The van der Waals surface area contributed by atoms with Crippen LogP contribution in [-0.4, -0.2) is 35.0 Å². The van der Waals surface area contributed by atoms with E-state index >= 15 is 0 Å². The number of aliphatic imine (C=N–C) groups is 1. The highest BCUT2D eigenvalue weighted by atomic mass is 32.2. The number of nitrogens with zero attached hydrogens (tertiary/aromatic N) is 3. The first-order valence-electron chi connectivity index (χ1n) is 7.08. The van der Waals surface area contributed by atoms with Crippen molar-refractivity contribution in [2.75, 3.05) is 14.2 Å². The van der Waals surface area contributed by atoms with Crippen LogP contribution < -0.4 is 0 Å². The van der Waals surface area contributed by atoms with Crippen molar-refractivity contribution in [1.29, 1.82) is 0 Å². The predicted molar refractivity (Wildman–Crippen MR) is 94.0 cm³/mol. The third-order valence-corrected chi connectivity index (χ3v) is 4.01. The molecule has 6 heteroatoms. The molecule has 0 bridgehead atoms. The van der Waals surface area contributed by atoms with Crippen molar-refractivity contribution in [3.8, 4) is 0 Å². The molecule has 0 unspecified atom stereocenters. The second kappa shape index (κ2) is 8.33. The molecule has 0 spiro atoms. The first kappa shape index (κ1) is 17.0. The fourth-order valence-electron chi connectivity index (χ4n) is 2.07. The number of carbonyl (C=O) groups excluding carboxylic acids is 1. The number of carbonyl (C=O) groups is 1. The van der Waals surface area contributed by atoms with Crippen LogP contribution in [0.2, 0.25) is 0 Å². The molecular weight excluding hydrogens is 310 g/mol. The van der Waals surface area contributed by atoms with Crippen molar-refractivity contribution in [1.82, 2.24) is 9.78 Å². The van der Waals surface area contributed by atoms with Gasteiger partial charge >= 0.3 is 5.97 Å². The lowest BCUT2D eigenvalue weighted by molar-refractivity contribution is 0.0600. The lowest BCUT2D eigenvalue weighted by Crippen LogP contribution is -2.02. The molecule has 1 heterocycles. The number of hydrogen-bond acceptors (Lipinski definition) is 5. The Morgan fingerprint density at radius 3 is 2.70 bits per heavy atom. The summed E-state index contributed by atoms with van der Waals surface area (Å²) in [5.74, 6) is -0.377. The van der Waals surface area contributed by atoms with Gasteiger partial charge in [0.2, 0.25) is 0 Å². The fraction of sp³-hybridized carbons (Fsp3) is 0.235. The van der Waals surface area contributed by atoms with Gasteiger partial charge in [-0.2, -0.15) is 5.10 Å². The van der Waals surface area contributed by atoms with Crippen LogP contribution in [0, 0.1) is 0 Å². The van der Waals surface area contributed by atoms with E-state index in [1.807, 2.05) is 0 Å². The maximum atomic E-state index is 11.4. The zero-order valence-corrected chi connectivity index (χ0v) is 14.0. The Labute approximate surface area is 140 Å². The molecule has 1 aromatic heterocycles. The van der Waals surface area contributed by atoms with Crippen molar-refractivity contribution in [3.63, 3.8) is 0 Å². The van der Waals surface area contributed by atoms with Crippen LogP contribution in [0.25, 0.3) is 0 Å². The third-order valence-electron chi connectivity index (χ3n) is 3.25. The summed E-state index contributed by atoms with van der Waals surface area (Å²) >= 11 is 1.54. The molecule has 0 aliphatic carbocycles. The summed E-state index contributed by atoms with van der Waals surface area (Å²) < 4.78 is 6.39. The standard InChI is InChI=1S/C17H19N3O2S/c1-4-23-16(18-2)9-13-5-7-14(8-6-13)11-20-12-15(10-19-20)17(21)22-3/h4-8,10,12H,1,9,11H2,2-3H3. The SMILES string of the molecule is C=CSC(Cc1ccc(Cn2cc(C(=O)OC)cn2)cc1)=NC. The quantitative estimate of drug-likeness (QED) is 0.464. The van der Waals surface area contributed by atoms with Gasteiger partial charge in [0.05, 0.1) is 30.5 Å². The largest absolute Gasteiger partial charge is 0.465 e. The van der Waals surface area contributed by atoms with Crippen LogP contribution in [0.5, 0.6) is 0 Å². The number of ether oxygens (including phenoxy) is 1. The Bertz CT molecular complexity index is 705. The van der Waals surface area contributed by atoms with E-state index < -0.39 is 0 Å². The first-order valence-corrected chi connectivity index (χ1v) is 7.96. The smallest absolute Gasteiger partial charge is 0.341 e. The Morgan fingerprint density at radius 2 is 2.09 bits per heavy atom. The highest BCUT2D eigenvalue weighted by molar-refractivity contribution is 8.16. The van der Waals surface area contributed by atoms with E-state index in [2.05, 4.69) is 45.7 Å². The fourth-order valence-corrected chi connectivity index (χ4v) is 2.61. The molecule has 2 rings (SSSR count). The van der Waals surface area contributed by atoms with E-state index in [0.717, 1.165) is 17.0 Å². The Hall–Kier alpha value is -2.34. The molecule has 23 heavy (non-hydrogen) atoms. The molecule has 0 aliphatic heterocycles. The van der Waals surface area contributed by atoms with E-state index in [1.165, 1.54) is 18.9 Å². The molecule has 0 saturated heterocycles. The number of esters is 1. The van der Waals surface area contributed by atoms with Gasteiger partial charge in [0.1, 0.15) is 0 Å². The van der Waals surface area contributed by atoms with Crippen LogP contribution >= 0.6 is 11.8 Å². The summed E-state index contributed by atoms with van der Waals surface area (Å²) in [5.41, 5.74) is 2.76. The van der Waals surface area contributed by atoms with Gasteiger partial charge in [-0.25, -0.2) is 4.79 Å². The zero-order chi connectivity index (χ0) is 16.7. The maximum Gasteiger partial charge on any atom is 0.341 e. The Morgan fingerprint density at radius 1 is 1.39 bits per heavy atom. The van der Waals surface area contributed by atoms with Crippen molar-refractivity contribution in [3.05, 3.63) is 65.3 Å². The summed E-state index contributed by atoms with van der Waals surface area (Å²) in [6.45, 7) is 4.32. The molecule has 0 aliphatic rings. The summed E-state index contributed by atoms with van der Waals surface area (Å²) in [5, 5.41) is 6.99. The molecule has 0 N–H and O–H groups in total. The highest BCUT2D eigenvalue weighted by Gasteiger charge is 2.08. The maximum absolute atomic E-state index is 11.4. The summed E-state index contributed by atoms with van der Waals surface area (Å²) in [7, 11) is 3.15. The summed E-state index contributed by atoms with van der Waals surface area (Å²) in [6, 6.07) is 8.27. The molecule has 120 valence electrons. The minimum absolute atomic E-state index is 0.377. The second-order valence-corrected chi connectivity index (χ2v) is 5.85. The predicted octanol–water partition coefficient (Wildman–Crippen LogP) is 3.17. The van der Waals surface area contributed by atoms with Gasteiger partial charge in [0.25, 0.3) is 0 Å². The topological polar surface area (TPSA) is 56.5 Å². The van der Waals surface area contributed by atoms with Gasteiger partial charge in [-0.3, -0.25) is 9.67 Å². The molecule has 0 saturated carbocycles. The van der Waals surface area contributed by atoms with E-state index in [4.69, 9.17) is 0 Å². The van der Waals surface area contributed by atoms with E-state index in [9.17, 15) is 4.79 Å². The summed E-state index contributed by atoms with van der Waals surface area (Å²) in [6.07, 6.45) is 3.99. The first-order chi connectivity index (χ1) is 11.2. The minimum Gasteiger partial charge on any atom is -0.465 e. The average Bonchev–Trinajstić information content (AvgIpc) is 3.04. The van der Waals surface area contributed by atoms with E-state index in [1.54, 1.807) is 35.1 Å². The monoisotopic (exact) mass is 329 g/mol. The normalized spacial score (nSPS) is 11.3. The number of benzene rings is 1. The van der Waals surface area contributed by atoms with Crippen molar-refractivity contribution < 1.29 is 9.53 Å². The molecule has 0 radical (unpaired) electrons. The number of hydrogen-bond donors (Lipinski definition) is 0. The van der Waals surface area contributed by atoms with Gasteiger partial charge in [-0.15, -0.1) is 0 Å². The highest BCUT2D eigenvalue weighted by Crippen LogP contribution is 2.13. The Balaban J connectivity index is 2.01.